The van der Waals surface area contributed by atoms with Gasteiger partial charge in [0.15, 0.2) is 0 Å². The molecular weight excluding hydrogens is 140 g/mol. The first kappa shape index (κ1) is 7.67. The molecular formula is C9H11S. The minimum atomic E-state index is 1.10. The molecule has 0 aliphatic rings. The monoisotopic (exact) mass is 151 g/mol. The molecule has 1 heteroatoms. The fraction of sp³-hybridized carbons (Fsp3) is 0.222. The molecule has 0 atom stereocenters. The second-order valence-electron chi connectivity index (χ2n) is 2.07. The van der Waals surface area contributed by atoms with Crippen LogP contribution in [0.15, 0.2) is 30.3 Å². The predicted molar refractivity (Wildman–Crippen MR) is 48.2 cm³/mol. The van der Waals surface area contributed by atoms with Gasteiger partial charge in [-0.25, -0.2) is 0 Å². The molecule has 10 heavy (non-hydrogen) atoms. The lowest BCUT2D eigenvalue weighted by Gasteiger charge is -1.95. The van der Waals surface area contributed by atoms with Crippen LogP contribution in [0.1, 0.15) is 5.56 Å². The molecule has 1 aromatic carbocycles. The van der Waals surface area contributed by atoms with Crippen LogP contribution in [-0.2, 0) is 0 Å². The van der Waals surface area contributed by atoms with Crippen molar-refractivity contribution in [1.82, 2.24) is 0 Å². The van der Waals surface area contributed by atoms with Gasteiger partial charge in [0.25, 0.3) is 0 Å². The predicted octanol–water partition coefficient (Wildman–Crippen LogP) is 2.60. The molecule has 0 saturated heterocycles. The fourth-order valence-electron chi connectivity index (χ4n) is 0.769. The molecule has 0 bridgehead atoms. The third-order valence-corrected chi connectivity index (χ3v) is 1.79. The van der Waals surface area contributed by atoms with Gasteiger partial charge in [0.1, 0.15) is 0 Å². The summed E-state index contributed by atoms with van der Waals surface area (Å²) in [5.74, 6) is 1.10. The summed E-state index contributed by atoms with van der Waals surface area (Å²) in [6.07, 6.45) is 4.34. The van der Waals surface area contributed by atoms with E-state index < -0.39 is 0 Å². The van der Waals surface area contributed by atoms with E-state index in [9.17, 15) is 0 Å². The molecule has 53 valence electrons. The van der Waals surface area contributed by atoms with Crippen LogP contribution in [-0.4, -0.2) is 12.0 Å². The number of hydrogen-bond acceptors (Lipinski definition) is 1. The van der Waals surface area contributed by atoms with Crippen molar-refractivity contribution < 1.29 is 0 Å². The maximum Gasteiger partial charge on any atom is 0.000557 e. The van der Waals surface area contributed by atoms with Crippen LogP contribution >= 0.6 is 11.8 Å². The fourth-order valence-corrected chi connectivity index (χ4v) is 1.13. The lowest BCUT2D eigenvalue weighted by Crippen LogP contribution is -1.81. The first-order chi connectivity index (χ1) is 4.93. The van der Waals surface area contributed by atoms with Crippen molar-refractivity contribution in [3.05, 3.63) is 42.3 Å². The summed E-state index contributed by atoms with van der Waals surface area (Å²) < 4.78 is 0. The number of benzene rings is 1. The van der Waals surface area contributed by atoms with Gasteiger partial charge >= 0.3 is 0 Å². The molecule has 0 aliphatic carbocycles. The normalized spacial score (nSPS) is 9.70. The highest BCUT2D eigenvalue weighted by molar-refractivity contribution is 7.98. The standard InChI is InChI=1S/C9H11S/c1-10-8-7-9-5-3-2-4-6-9/h2-7H,8H2,1H3. The molecule has 0 unspecified atom stereocenters. The second kappa shape index (κ2) is 4.40. The van der Waals surface area contributed by atoms with Crippen LogP contribution in [0.2, 0.25) is 0 Å². The van der Waals surface area contributed by atoms with Crippen LogP contribution in [0.3, 0.4) is 0 Å². The van der Waals surface area contributed by atoms with Gasteiger partial charge in [-0.2, -0.15) is 11.8 Å². The zero-order valence-corrected chi connectivity index (χ0v) is 6.90. The van der Waals surface area contributed by atoms with E-state index >= 15 is 0 Å². The second-order valence-corrected chi connectivity index (χ2v) is 2.98. The van der Waals surface area contributed by atoms with Gasteiger partial charge < -0.3 is 0 Å². The highest BCUT2D eigenvalue weighted by Crippen LogP contribution is 2.05. The van der Waals surface area contributed by atoms with Crippen molar-refractivity contribution >= 4 is 11.8 Å². The third-order valence-electron chi connectivity index (χ3n) is 1.29. The Morgan fingerprint density at radius 3 is 2.60 bits per heavy atom. The van der Waals surface area contributed by atoms with E-state index in [-0.39, 0.29) is 0 Å². The van der Waals surface area contributed by atoms with Gasteiger partial charge in [-0.15, -0.1) is 0 Å². The number of thioether (sulfide) groups is 1. The van der Waals surface area contributed by atoms with Crippen molar-refractivity contribution in [1.29, 1.82) is 0 Å². The molecule has 1 radical (unpaired) electrons. The van der Waals surface area contributed by atoms with Gasteiger partial charge in [0.05, 0.1) is 0 Å². The summed E-state index contributed by atoms with van der Waals surface area (Å²) in [4.78, 5) is 0. The molecule has 0 fully saturated rings. The molecule has 0 N–H and O–H groups in total. The molecule has 0 saturated carbocycles. The van der Waals surface area contributed by atoms with E-state index in [0.29, 0.717) is 0 Å². The Bertz CT molecular complexity index is 169. The Balaban J connectivity index is 2.43. The van der Waals surface area contributed by atoms with Crippen LogP contribution in [0, 0.1) is 6.42 Å². The van der Waals surface area contributed by atoms with E-state index in [1.165, 1.54) is 5.56 Å². The van der Waals surface area contributed by atoms with Crippen LogP contribution < -0.4 is 0 Å². The first-order valence-corrected chi connectivity index (χ1v) is 4.70. The minimum absolute atomic E-state index is 1.10. The summed E-state index contributed by atoms with van der Waals surface area (Å²) in [5, 5.41) is 0. The maximum atomic E-state index is 2.23. The zero-order valence-electron chi connectivity index (χ0n) is 6.08. The molecule has 1 aromatic rings. The summed E-state index contributed by atoms with van der Waals surface area (Å²) in [5.41, 5.74) is 1.32. The minimum Gasteiger partial charge on any atom is -0.165 e. The highest BCUT2D eigenvalue weighted by Gasteiger charge is 1.88. The van der Waals surface area contributed by atoms with E-state index in [1.807, 2.05) is 17.8 Å². The van der Waals surface area contributed by atoms with Crippen molar-refractivity contribution in [3.63, 3.8) is 0 Å². The summed E-state index contributed by atoms with van der Waals surface area (Å²) in [7, 11) is 0. The van der Waals surface area contributed by atoms with E-state index in [2.05, 4.69) is 36.9 Å². The average Bonchev–Trinajstić information content (AvgIpc) is 2.03. The Labute approximate surface area is 66.6 Å². The van der Waals surface area contributed by atoms with Crippen LogP contribution in [0.4, 0.5) is 0 Å². The van der Waals surface area contributed by atoms with Crippen LogP contribution in [0.25, 0.3) is 0 Å². The summed E-state index contributed by atoms with van der Waals surface area (Å²) >= 11 is 1.84. The van der Waals surface area contributed by atoms with E-state index in [0.717, 1.165) is 5.75 Å². The lowest BCUT2D eigenvalue weighted by molar-refractivity contribution is 1.44. The smallest absolute Gasteiger partial charge is 0.000557 e. The molecule has 0 aromatic heterocycles. The van der Waals surface area contributed by atoms with Gasteiger partial charge in [-0.3, -0.25) is 0 Å². The average molecular weight is 151 g/mol. The lowest BCUT2D eigenvalue weighted by atomic mass is 10.2. The SMILES string of the molecule is CSC[CH]c1ccccc1. The quantitative estimate of drug-likeness (QED) is 0.640. The molecule has 0 nitrogen and oxygen atoms in total. The van der Waals surface area contributed by atoms with Gasteiger partial charge in [-0.1, -0.05) is 30.3 Å². The third kappa shape index (κ3) is 2.44. The van der Waals surface area contributed by atoms with Gasteiger partial charge in [0, 0.05) is 12.2 Å². The highest BCUT2D eigenvalue weighted by atomic mass is 32.2. The molecule has 1 rings (SSSR count). The largest absolute Gasteiger partial charge is 0.165 e. The summed E-state index contributed by atoms with van der Waals surface area (Å²) in [6, 6.07) is 10.4. The van der Waals surface area contributed by atoms with E-state index in [4.69, 9.17) is 0 Å². The van der Waals surface area contributed by atoms with Crippen molar-refractivity contribution in [2.75, 3.05) is 12.0 Å². The van der Waals surface area contributed by atoms with Crippen molar-refractivity contribution in [3.8, 4) is 0 Å². The first-order valence-electron chi connectivity index (χ1n) is 3.30. The van der Waals surface area contributed by atoms with Gasteiger partial charge in [-0.05, 0) is 11.8 Å². The topological polar surface area (TPSA) is 0 Å². The summed E-state index contributed by atoms with van der Waals surface area (Å²) in [6.45, 7) is 0. The Hall–Kier alpha value is -0.430. The van der Waals surface area contributed by atoms with E-state index in [1.54, 1.807) is 0 Å². The zero-order chi connectivity index (χ0) is 7.23. The van der Waals surface area contributed by atoms with Crippen molar-refractivity contribution in [2.24, 2.45) is 0 Å². The van der Waals surface area contributed by atoms with Gasteiger partial charge in [0.2, 0.25) is 0 Å². The van der Waals surface area contributed by atoms with Crippen LogP contribution in [0.5, 0.6) is 0 Å². The van der Waals surface area contributed by atoms with Crippen molar-refractivity contribution in [2.45, 2.75) is 0 Å². The number of rotatable bonds is 3. The number of hydrogen-bond donors (Lipinski definition) is 0. The Kier molecular flexibility index (Phi) is 3.37. The molecule has 0 spiro atoms. The Morgan fingerprint density at radius 2 is 2.00 bits per heavy atom. The molecule has 0 heterocycles. The molecule has 0 aliphatic heterocycles. The maximum absolute atomic E-state index is 2.23. The molecule has 0 amide bonds. The Morgan fingerprint density at radius 1 is 1.30 bits per heavy atom.